The van der Waals surface area contributed by atoms with E-state index in [0.29, 0.717) is 6.04 Å². The van der Waals surface area contributed by atoms with Gasteiger partial charge in [-0.1, -0.05) is 32.1 Å². The molecule has 0 aromatic heterocycles. The maximum atomic E-state index is 6.10. The maximum Gasteiger partial charge on any atom is 0.494 e. The van der Waals surface area contributed by atoms with Gasteiger partial charge in [0.2, 0.25) is 0 Å². The molecule has 0 unspecified atom stereocenters. The Morgan fingerprint density at radius 2 is 1.70 bits per heavy atom. The van der Waals surface area contributed by atoms with Crippen LogP contribution < -0.4 is 0 Å². The van der Waals surface area contributed by atoms with Crippen molar-refractivity contribution >= 4 is 7.12 Å². The highest BCUT2D eigenvalue weighted by Crippen LogP contribution is 2.39. The fourth-order valence-electron chi connectivity index (χ4n) is 2.74. The first-order chi connectivity index (χ1) is 9.30. The Kier molecular flexibility index (Phi) is 4.48. The highest BCUT2D eigenvalue weighted by molar-refractivity contribution is 6.55. The summed E-state index contributed by atoms with van der Waals surface area (Å²) in [6.07, 6.45) is 7.77. The molecule has 0 aromatic rings. The minimum absolute atomic E-state index is 0.228. The molecule has 3 nitrogen and oxygen atoms in total. The van der Waals surface area contributed by atoms with Gasteiger partial charge < -0.3 is 9.31 Å². The van der Waals surface area contributed by atoms with Gasteiger partial charge in [-0.05, 0) is 52.7 Å². The monoisotopic (exact) mass is 277 g/mol. The summed E-state index contributed by atoms with van der Waals surface area (Å²) in [6.45, 7) is 15.0. The van der Waals surface area contributed by atoms with Gasteiger partial charge >= 0.3 is 7.12 Å². The Labute approximate surface area is 124 Å². The predicted octanol–water partition coefficient (Wildman–Crippen LogP) is 3.21. The van der Waals surface area contributed by atoms with Crippen molar-refractivity contribution in [2.24, 2.45) is 0 Å². The zero-order valence-corrected chi connectivity index (χ0v) is 13.8. The summed E-state index contributed by atoms with van der Waals surface area (Å²) in [6, 6.07) is 0.510. The smallest absolute Gasteiger partial charge is 0.399 e. The lowest BCUT2D eigenvalue weighted by molar-refractivity contribution is 0.00578. The first kappa shape index (κ1) is 15.8. The Morgan fingerprint density at radius 3 is 2.10 bits per heavy atom. The second kappa shape index (κ2) is 5.66. The Hall–Kier alpha value is -0.575. The number of rotatable bonds is 4. The second-order valence-corrected chi connectivity index (χ2v) is 6.68. The Balaban J connectivity index is 2.03. The van der Waals surface area contributed by atoms with Crippen molar-refractivity contribution in [1.82, 2.24) is 4.90 Å². The van der Waals surface area contributed by atoms with Gasteiger partial charge in [-0.2, -0.15) is 0 Å². The fourth-order valence-corrected chi connectivity index (χ4v) is 2.74. The van der Waals surface area contributed by atoms with Gasteiger partial charge in [-0.15, -0.1) is 0 Å². The van der Waals surface area contributed by atoms with E-state index in [1.807, 2.05) is 0 Å². The summed E-state index contributed by atoms with van der Waals surface area (Å²) >= 11 is 0. The SMILES string of the molecule is CCN(CC)[C@@H]1C=CC(B2OC(C)(C)C(C)(C)O2)=CC1. The average molecular weight is 277 g/mol. The van der Waals surface area contributed by atoms with Crippen LogP contribution in [0.2, 0.25) is 0 Å². The lowest BCUT2D eigenvalue weighted by atomic mass is 9.75. The molecule has 0 radical (unpaired) electrons. The third-order valence-corrected chi connectivity index (χ3v) is 4.91. The Morgan fingerprint density at radius 1 is 1.15 bits per heavy atom. The molecule has 2 aliphatic rings. The average Bonchev–Trinajstić information content (AvgIpc) is 2.61. The standard InChI is InChI=1S/C16H28BNO2/c1-7-18(8-2)14-11-9-13(10-12-14)17-19-15(3,4)16(5,6)20-17/h9-11,14H,7-8,12H2,1-6H3/t14-/m1/s1. The summed E-state index contributed by atoms with van der Waals surface area (Å²) < 4.78 is 12.2. The highest BCUT2D eigenvalue weighted by atomic mass is 16.7. The summed E-state index contributed by atoms with van der Waals surface area (Å²) in [5.74, 6) is 0. The molecule has 4 heteroatoms. The van der Waals surface area contributed by atoms with E-state index in [9.17, 15) is 0 Å². The number of likely N-dealkylation sites (N-methyl/N-ethyl adjacent to an activating group) is 1. The lowest BCUT2D eigenvalue weighted by Crippen LogP contribution is -2.41. The number of hydrogen-bond donors (Lipinski definition) is 0. The topological polar surface area (TPSA) is 21.7 Å². The van der Waals surface area contributed by atoms with Gasteiger partial charge in [0.1, 0.15) is 0 Å². The van der Waals surface area contributed by atoms with E-state index in [4.69, 9.17) is 9.31 Å². The van der Waals surface area contributed by atoms with Crippen LogP contribution in [0.3, 0.4) is 0 Å². The summed E-state index contributed by atoms with van der Waals surface area (Å²) in [7, 11) is -0.228. The molecule has 0 bridgehead atoms. The molecule has 0 saturated carbocycles. The van der Waals surface area contributed by atoms with Crippen LogP contribution in [-0.2, 0) is 9.31 Å². The molecule has 0 spiro atoms. The molecule has 1 fully saturated rings. The van der Waals surface area contributed by atoms with Crippen molar-refractivity contribution in [2.75, 3.05) is 13.1 Å². The largest absolute Gasteiger partial charge is 0.494 e. The minimum Gasteiger partial charge on any atom is -0.399 e. The molecule has 20 heavy (non-hydrogen) atoms. The van der Waals surface area contributed by atoms with Crippen molar-refractivity contribution < 1.29 is 9.31 Å². The van der Waals surface area contributed by atoms with Gasteiger partial charge in [-0.25, -0.2) is 0 Å². The van der Waals surface area contributed by atoms with E-state index in [1.165, 1.54) is 0 Å². The first-order valence-corrected chi connectivity index (χ1v) is 7.78. The van der Waals surface area contributed by atoms with Crippen molar-refractivity contribution in [1.29, 1.82) is 0 Å². The van der Waals surface area contributed by atoms with Crippen LogP contribution >= 0.6 is 0 Å². The van der Waals surface area contributed by atoms with Crippen LogP contribution in [0.1, 0.15) is 48.0 Å². The molecular weight excluding hydrogens is 249 g/mol. The zero-order chi connectivity index (χ0) is 15.0. The minimum atomic E-state index is -0.262. The quantitative estimate of drug-likeness (QED) is 0.736. The van der Waals surface area contributed by atoms with E-state index in [-0.39, 0.29) is 18.3 Å². The Bertz CT molecular complexity index is 395. The third kappa shape index (κ3) is 2.88. The number of hydrogen-bond acceptors (Lipinski definition) is 3. The molecule has 1 heterocycles. The molecule has 112 valence electrons. The van der Waals surface area contributed by atoms with Crippen molar-refractivity contribution in [3.63, 3.8) is 0 Å². The molecule has 0 aromatic carbocycles. The zero-order valence-electron chi connectivity index (χ0n) is 13.8. The van der Waals surface area contributed by atoms with Gasteiger partial charge in [0, 0.05) is 6.04 Å². The number of allylic oxidation sites excluding steroid dienone is 2. The molecule has 1 saturated heterocycles. The summed E-state index contributed by atoms with van der Waals surface area (Å²) in [4.78, 5) is 2.47. The highest BCUT2D eigenvalue weighted by Gasteiger charge is 2.52. The van der Waals surface area contributed by atoms with Gasteiger partial charge in [-0.3, -0.25) is 4.90 Å². The normalized spacial score (nSPS) is 28.1. The van der Waals surface area contributed by atoms with Gasteiger partial charge in [0.25, 0.3) is 0 Å². The summed E-state index contributed by atoms with van der Waals surface area (Å²) in [5.41, 5.74) is 0.636. The van der Waals surface area contributed by atoms with Crippen molar-refractivity contribution in [3.8, 4) is 0 Å². The van der Waals surface area contributed by atoms with Gasteiger partial charge in [0.15, 0.2) is 0 Å². The van der Waals surface area contributed by atoms with E-state index < -0.39 is 0 Å². The maximum absolute atomic E-state index is 6.10. The molecule has 0 N–H and O–H groups in total. The summed E-state index contributed by atoms with van der Waals surface area (Å²) in [5, 5.41) is 0. The molecule has 2 rings (SSSR count). The molecule has 1 aliphatic heterocycles. The molecule has 1 atom stereocenters. The first-order valence-electron chi connectivity index (χ1n) is 7.78. The third-order valence-electron chi connectivity index (χ3n) is 4.91. The van der Waals surface area contributed by atoms with Crippen LogP contribution in [0.25, 0.3) is 0 Å². The predicted molar refractivity (Wildman–Crippen MR) is 84.6 cm³/mol. The molecular formula is C16H28BNO2. The van der Waals surface area contributed by atoms with E-state index in [2.05, 4.69) is 64.7 Å². The second-order valence-electron chi connectivity index (χ2n) is 6.68. The van der Waals surface area contributed by atoms with E-state index in [0.717, 1.165) is 25.0 Å². The van der Waals surface area contributed by atoms with E-state index >= 15 is 0 Å². The van der Waals surface area contributed by atoms with Crippen molar-refractivity contribution in [3.05, 3.63) is 23.7 Å². The van der Waals surface area contributed by atoms with E-state index in [1.54, 1.807) is 0 Å². The van der Waals surface area contributed by atoms with Crippen LogP contribution in [0, 0.1) is 0 Å². The molecule has 1 aliphatic carbocycles. The van der Waals surface area contributed by atoms with Crippen molar-refractivity contribution in [2.45, 2.75) is 65.2 Å². The van der Waals surface area contributed by atoms with Gasteiger partial charge in [0.05, 0.1) is 11.2 Å². The van der Waals surface area contributed by atoms with Crippen LogP contribution in [-0.4, -0.2) is 42.4 Å². The number of nitrogens with zero attached hydrogens (tertiary/aromatic N) is 1. The lowest BCUT2D eigenvalue weighted by Gasteiger charge is -2.32. The van der Waals surface area contributed by atoms with Crippen LogP contribution in [0.4, 0.5) is 0 Å². The van der Waals surface area contributed by atoms with Crippen LogP contribution in [0.5, 0.6) is 0 Å². The fraction of sp³-hybridized carbons (Fsp3) is 0.750. The molecule has 0 amide bonds. The van der Waals surface area contributed by atoms with Crippen LogP contribution in [0.15, 0.2) is 23.7 Å².